The third-order valence-corrected chi connectivity index (χ3v) is 4.34. The van der Waals surface area contributed by atoms with Gasteiger partial charge in [-0.3, -0.25) is 14.5 Å². The quantitative estimate of drug-likeness (QED) is 0.562. The molecule has 1 aliphatic rings. The second-order valence-corrected chi connectivity index (χ2v) is 6.28. The zero-order valence-corrected chi connectivity index (χ0v) is 14.3. The van der Waals surface area contributed by atoms with E-state index < -0.39 is 0 Å². The predicted octanol–water partition coefficient (Wildman–Crippen LogP) is 4.45. The Labute approximate surface area is 149 Å². The lowest BCUT2D eigenvalue weighted by molar-refractivity contribution is 0.0649. The summed E-state index contributed by atoms with van der Waals surface area (Å²) in [6.07, 6.45) is 1.36. The Morgan fingerprint density at radius 1 is 0.917 bits per heavy atom. The average Bonchev–Trinajstić information content (AvgIpc) is 2.81. The molecule has 0 aromatic heterocycles. The van der Waals surface area contributed by atoms with E-state index in [0.717, 1.165) is 0 Å². The first-order valence-corrected chi connectivity index (χ1v) is 8.36. The zero-order valence-electron chi connectivity index (χ0n) is 12.8. The largest absolute Gasteiger partial charge is 0.492 e. The van der Waals surface area contributed by atoms with Crippen molar-refractivity contribution in [1.29, 1.82) is 0 Å². The Morgan fingerprint density at radius 3 is 2.21 bits per heavy atom. The SMILES string of the molecule is O=C1c2ccccc2C(=O)N1CCCCOc1ccc(Cl)cc1Cl. The van der Waals surface area contributed by atoms with Crippen molar-refractivity contribution in [3.8, 4) is 5.75 Å². The van der Waals surface area contributed by atoms with Crippen LogP contribution in [0.15, 0.2) is 42.5 Å². The van der Waals surface area contributed by atoms with Crippen LogP contribution in [0.4, 0.5) is 0 Å². The lowest BCUT2D eigenvalue weighted by Gasteiger charge is -2.14. The van der Waals surface area contributed by atoms with Crippen LogP contribution in [0.1, 0.15) is 33.6 Å². The highest BCUT2D eigenvalue weighted by Crippen LogP contribution is 2.27. The van der Waals surface area contributed by atoms with Gasteiger partial charge in [-0.1, -0.05) is 35.3 Å². The zero-order chi connectivity index (χ0) is 17.1. The summed E-state index contributed by atoms with van der Waals surface area (Å²) in [7, 11) is 0. The van der Waals surface area contributed by atoms with Gasteiger partial charge >= 0.3 is 0 Å². The molecule has 6 heteroatoms. The number of fused-ring (bicyclic) bond motifs is 1. The van der Waals surface area contributed by atoms with Crippen LogP contribution in [0.2, 0.25) is 10.0 Å². The molecule has 0 saturated heterocycles. The lowest BCUT2D eigenvalue weighted by Crippen LogP contribution is -2.30. The Hall–Kier alpha value is -2.04. The van der Waals surface area contributed by atoms with Crippen LogP contribution in [0.25, 0.3) is 0 Å². The average molecular weight is 364 g/mol. The second-order valence-electron chi connectivity index (χ2n) is 5.44. The molecule has 0 atom stereocenters. The van der Waals surface area contributed by atoms with E-state index in [4.69, 9.17) is 27.9 Å². The maximum atomic E-state index is 12.2. The summed E-state index contributed by atoms with van der Waals surface area (Å²) in [5.74, 6) is 0.122. The van der Waals surface area contributed by atoms with Crippen LogP contribution in [0.5, 0.6) is 5.75 Å². The molecule has 3 rings (SSSR count). The van der Waals surface area contributed by atoms with Gasteiger partial charge in [0.25, 0.3) is 11.8 Å². The summed E-state index contributed by atoms with van der Waals surface area (Å²) in [5.41, 5.74) is 0.957. The summed E-state index contributed by atoms with van der Waals surface area (Å²) in [6.45, 7) is 0.828. The highest BCUT2D eigenvalue weighted by molar-refractivity contribution is 6.35. The molecule has 0 N–H and O–H groups in total. The first-order chi connectivity index (χ1) is 11.6. The first kappa shape index (κ1) is 16.8. The molecule has 0 spiro atoms. The Kier molecular flexibility index (Phi) is 5.07. The monoisotopic (exact) mass is 363 g/mol. The van der Waals surface area contributed by atoms with E-state index in [9.17, 15) is 9.59 Å². The third-order valence-electron chi connectivity index (χ3n) is 3.81. The molecule has 0 saturated carbocycles. The number of ether oxygens (including phenoxy) is 1. The summed E-state index contributed by atoms with van der Waals surface area (Å²) >= 11 is 11.9. The Balaban J connectivity index is 1.48. The molecule has 24 heavy (non-hydrogen) atoms. The fourth-order valence-corrected chi connectivity index (χ4v) is 3.05. The minimum absolute atomic E-state index is 0.225. The number of nitrogens with zero attached hydrogens (tertiary/aromatic N) is 1. The maximum absolute atomic E-state index is 12.2. The lowest BCUT2D eigenvalue weighted by atomic mass is 10.1. The number of benzene rings is 2. The van der Waals surface area contributed by atoms with E-state index in [1.165, 1.54) is 4.90 Å². The molecule has 124 valence electrons. The van der Waals surface area contributed by atoms with Crippen molar-refractivity contribution in [2.24, 2.45) is 0 Å². The number of hydrogen-bond acceptors (Lipinski definition) is 3. The van der Waals surface area contributed by atoms with Crippen LogP contribution < -0.4 is 4.74 Å². The predicted molar refractivity (Wildman–Crippen MR) is 93.0 cm³/mol. The van der Waals surface area contributed by atoms with E-state index in [2.05, 4.69) is 0 Å². The van der Waals surface area contributed by atoms with E-state index in [1.54, 1.807) is 42.5 Å². The summed E-state index contributed by atoms with van der Waals surface area (Å²) < 4.78 is 5.59. The fraction of sp³-hybridized carbons (Fsp3) is 0.222. The number of halogens is 2. The van der Waals surface area contributed by atoms with Crippen molar-refractivity contribution in [1.82, 2.24) is 4.90 Å². The number of rotatable bonds is 6. The summed E-state index contributed by atoms with van der Waals surface area (Å²) in [4.78, 5) is 25.7. The molecular weight excluding hydrogens is 349 g/mol. The first-order valence-electron chi connectivity index (χ1n) is 7.61. The van der Waals surface area contributed by atoms with Crippen molar-refractivity contribution in [3.63, 3.8) is 0 Å². The number of amides is 2. The van der Waals surface area contributed by atoms with E-state index in [0.29, 0.717) is 52.9 Å². The van der Waals surface area contributed by atoms with Gasteiger partial charge in [0.2, 0.25) is 0 Å². The summed E-state index contributed by atoms with van der Waals surface area (Å²) in [5, 5.41) is 1.01. The molecular formula is C18H15Cl2NO3. The van der Waals surface area contributed by atoms with E-state index in [-0.39, 0.29) is 11.8 Å². The highest BCUT2D eigenvalue weighted by Gasteiger charge is 2.34. The standard InChI is InChI=1S/C18H15Cl2NO3/c19-12-7-8-16(15(20)11-12)24-10-4-3-9-21-17(22)13-5-1-2-6-14(13)18(21)23/h1-2,5-8,11H,3-4,9-10H2. The van der Waals surface area contributed by atoms with Crippen molar-refractivity contribution in [2.45, 2.75) is 12.8 Å². The van der Waals surface area contributed by atoms with Gasteiger partial charge in [-0.15, -0.1) is 0 Å². The third kappa shape index (κ3) is 3.40. The molecule has 4 nitrogen and oxygen atoms in total. The van der Waals surface area contributed by atoms with Crippen LogP contribution >= 0.6 is 23.2 Å². The fourth-order valence-electron chi connectivity index (χ4n) is 2.59. The second kappa shape index (κ2) is 7.24. The number of unbranched alkanes of at least 4 members (excludes halogenated alkanes) is 1. The van der Waals surface area contributed by atoms with Gasteiger partial charge in [0.1, 0.15) is 5.75 Å². The van der Waals surface area contributed by atoms with Crippen molar-refractivity contribution >= 4 is 35.0 Å². The normalized spacial score (nSPS) is 13.3. The van der Waals surface area contributed by atoms with Crippen molar-refractivity contribution in [3.05, 3.63) is 63.6 Å². The molecule has 0 bridgehead atoms. The van der Waals surface area contributed by atoms with Gasteiger partial charge in [-0.2, -0.15) is 0 Å². The van der Waals surface area contributed by atoms with Crippen LogP contribution in [-0.2, 0) is 0 Å². The van der Waals surface area contributed by atoms with Crippen molar-refractivity contribution < 1.29 is 14.3 Å². The number of imide groups is 1. The molecule has 0 aliphatic carbocycles. The van der Waals surface area contributed by atoms with E-state index >= 15 is 0 Å². The van der Waals surface area contributed by atoms with Crippen LogP contribution in [0, 0.1) is 0 Å². The topological polar surface area (TPSA) is 46.6 Å². The van der Waals surface area contributed by atoms with Gasteiger partial charge in [0, 0.05) is 11.6 Å². The molecule has 2 aromatic rings. The molecule has 2 amide bonds. The van der Waals surface area contributed by atoms with Gasteiger partial charge < -0.3 is 4.74 Å². The molecule has 0 radical (unpaired) electrons. The van der Waals surface area contributed by atoms with Gasteiger partial charge in [0.05, 0.1) is 22.8 Å². The number of hydrogen-bond donors (Lipinski definition) is 0. The maximum Gasteiger partial charge on any atom is 0.261 e. The number of carbonyl (C=O) groups excluding carboxylic acids is 2. The van der Waals surface area contributed by atoms with Gasteiger partial charge in [-0.25, -0.2) is 0 Å². The Bertz CT molecular complexity index is 757. The molecule has 2 aromatic carbocycles. The molecule has 1 heterocycles. The minimum Gasteiger partial charge on any atom is -0.492 e. The summed E-state index contributed by atoms with van der Waals surface area (Å²) in [6, 6.07) is 11.9. The van der Waals surface area contributed by atoms with Crippen LogP contribution in [-0.4, -0.2) is 29.9 Å². The van der Waals surface area contributed by atoms with E-state index in [1.807, 2.05) is 0 Å². The molecule has 1 aliphatic heterocycles. The smallest absolute Gasteiger partial charge is 0.261 e. The molecule has 0 fully saturated rings. The number of carbonyl (C=O) groups is 2. The van der Waals surface area contributed by atoms with Crippen LogP contribution in [0.3, 0.4) is 0 Å². The Morgan fingerprint density at radius 2 is 1.58 bits per heavy atom. The van der Waals surface area contributed by atoms with Crippen molar-refractivity contribution in [2.75, 3.05) is 13.2 Å². The highest BCUT2D eigenvalue weighted by atomic mass is 35.5. The molecule has 0 unspecified atom stereocenters. The minimum atomic E-state index is -0.225. The van der Waals surface area contributed by atoms with Gasteiger partial charge in [-0.05, 0) is 43.2 Å². The van der Waals surface area contributed by atoms with Gasteiger partial charge in [0.15, 0.2) is 0 Å².